The smallest absolute Gasteiger partial charge is 0.253 e. The van der Waals surface area contributed by atoms with Gasteiger partial charge in [-0.25, -0.2) is 4.39 Å². The zero-order valence-corrected chi connectivity index (χ0v) is 17.1. The van der Waals surface area contributed by atoms with Crippen molar-refractivity contribution in [3.63, 3.8) is 0 Å². The van der Waals surface area contributed by atoms with Gasteiger partial charge in [0.25, 0.3) is 11.8 Å². The van der Waals surface area contributed by atoms with E-state index in [1.807, 2.05) is 59.5 Å². The molecule has 0 saturated carbocycles. The summed E-state index contributed by atoms with van der Waals surface area (Å²) < 4.78 is 12.9. The Labute approximate surface area is 180 Å². The van der Waals surface area contributed by atoms with Crippen molar-refractivity contribution in [3.05, 3.63) is 95.8 Å². The third-order valence-electron chi connectivity index (χ3n) is 5.36. The summed E-state index contributed by atoms with van der Waals surface area (Å²) in [6.07, 6.45) is 0. The van der Waals surface area contributed by atoms with Crippen molar-refractivity contribution in [1.82, 2.24) is 15.5 Å². The normalized spacial score (nSPS) is 13.5. The molecule has 1 aliphatic heterocycles. The van der Waals surface area contributed by atoms with Crippen LogP contribution in [-0.2, 0) is 0 Å². The van der Waals surface area contributed by atoms with Crippen molar-refractivity contribution in [2.24, 2.45) is 0 Å². The molecule has 3 aromatic carbocycles. The van der Waals surface area contributed by atoms with E-state index in [1.54, 1.807) is 0 Å². The number of rotatable bonds is 7. The number of benzene rings is 3. The van der Waals surface area contributed by atoms with Crippen LogP contribution in [0.25, 0.3) is 11.1 Å². The standard InChI is InChI=1S/C25H24FN3O2/c26-22-12-10-20(11-13-22)24(30)28-15-14-27-23-16-29(17-23)25(31)21-8-6-19(7-9-21)18-4-2-1-3-5-18/h1-13,23,27H,14-17H2,(H,28,30). The Morgan fingerprint density at radius 2 is 1.42 bits per heavy atom. The summed E-state index contributed by atoms with van der Waals surface area (Å²) in [5, 5.41) is 6.13. The Bertz CT molecular complexity index is 1030. The van der Waals surface area contributed by atoms with Gasteiger partial charge in [0.2, 0.25) is 0 Å². The molecule has 6 heteroatoms. The largest absolute Gasteiger partial charge is 0.351 e. The van der Waals surface area contributed by atoms with E-state index in [1.165, 1.54) is 24.3 Å². The molecule has 0 spiro atoms. The van der Waals surface area contributed by atoms with Gasteiger partial charge in [0.15, 0.2) is 0 Å². The molecule has 0 aromatic heterocycles. The maximum Gasteiger partial charge on any atom is 0.253 e. The Kier molecular flexibility index (Phi) is 6.38. The van der Waals surface area contributed by atoms with E-state index in [-0.39, 0.29) is 23.7 Å². The molecule has 1 fully saturated rings. The Morgan fingerprint density at radius 3 is 2.10 bits per heavy atom. The number of nitrogens with one attached hydrogen (secondary N) is 2. The van der Waals surface area contributed by atoms with Crippen molar-refractivity contribution < 1.29 is 14.0 Å². The van der Waals surface area contributed by atoms with E-state index in [9.17, 15) is 14.0 Å². The average molecular weight is 417 g/mol. The lowest BCUT2D eigenvalue weighted by Gasteiger charge is -2.39. The monoisotopic (exact) mass is 417 g/mol. The number of carbonyl (C=O) groups is 2. The zero-order valence-electron chi connectivity index (χ0n) is 17.1. The molecule has 1 saturated heterocycles. The van der Waals surface area contributed by atoms with Gasteiger partial charge < -0.3 is 15.5 Å². The molecule has 1 heterocycles. The highest BCUT2D eigenvalue weighted by atomic mass is 19.1. The topological polar surface area (TPSA) is 61.4 Å². The van der Waals surface area contributed by atoms with Gasteiger partial charge in [-0.3, -0.25) is 9.59 Å². The molecule has 0 radical (unpaired) electrons. The van der Waals surface area contributed by atoms with Gasteiger partial charge in [0, 0.05) is 43.3 Å². The molecule has 1 aliphatic rings. The van der Waals surface area contributed by atoms with Crippen molar-refractivity contribution in [1.29, 1.82) is 0 Å². The van der Waals surface area contributed by atoms with Crippen LogP contribution in [0.15, 0.2) is 78.9 Å². The number of nitrogens with zero attached hydrogens (tertiary/aromatic N) is 1. The fraction of sp³-hybridized carbons (Fsp3) is 0.200. The first-order valence-corrected chi connectivity index (χ1v) is 10.3. The molecule has 0 aliphatic carbocycles. The van der Waals surface area contributed by atoms with E-state index >= 15 is 0 Å². The summed E-state index contributed by atoms with van der Waals surface area (Å²) in [6, 6.07) is 23.4. The first-order valence-electron chi connectivity index (χ1n) is 10.3. The Hall–Kier alpha value is -3.51. The number of likely N-dealkylation sites (tertiary alicyclic amines) is 1. The highest BCUT2D eigenvalue weighted by molar-refractivity contribution is 5.95. The van der Waals surface area contributed by atoms with Crippen LogP contribution in [0.3, 0.4) is 0 Å². The Morgan fingerprint density at radius 1 is 0.806 bits per heavy atom. The van der Waals surface area contributed by atoms with Crippen LogP contribution in [0.5, 0.6) is 0 Å². The summed E-state index contributed by atoms with van der Waals surface area (Å²) in [5.41, 5.74) is 3.33. The summed E-state index contributed by atoms with van der Waals surface area (Å²) in [6.45, 7) is 2.35. The second-order valence-corrected chi connectivity index (χ2v) is 7.57. The molecule has 2 amide bonds. The van der Waals surface area contributed by atoms with Gasteiger partial charge in [-0.2, -0.15) is 0 Å². The summed E-state index contributed by atoms with van der Waals surface area (Å²) in [4.78, 5) is 26.4. The first-order chi connectivity index (χ1) is 15.1. The summed E-state index contributed by atoms with van der Waals surface area (Å²) >= 11 is 0. The van der Waals surface area contributed by atoms with E-state index in [0.29, 0.717) is 37.3 Å². The van der Waals surface area contributed by atoms with Gasteiger partial charge in [-0.05, 0) is 47.5 Å². The van der Waals surface area contributed by atoms with Crippen LogP contribution < -0.4 is 10.6 Å². The minimum atomic E-state index is -0.366. The van der Waals surface area contributed by atoms with Crippen LogP contribution in [-0.4, -0.2) is 48.9 Å². The lowest BCUT2D eigenvalue weighted by atomic mass is 10.0. The zero-order chi connectivity index (χ0) is 21.6. The minimum absolute atomic E-state index is 0.0299. The lowest BCUT2D eigenvalue weighted by Crippen LogP contribution is -2.60. The van der Waals surface area contributed by atoms with Crippen LogP contribution in [0, 0.1) is 5.82 Å². The fourth-order valence-electron chi connectivity index (χ4n) is 3.55. The maximum atomic E-state index is 12.9. The second kappa shape index (κ2) is 9.53. The number of hydrogen-bond acceptors (Lipinski definition) is 3. The van der Waals surface area contributed by atoms with Gasteiger partial charge in [0.05, 0.1) is 0 Å². The number of hydrogen-bond donors (Lipinski definition) is 2. The molecule has 0 atom stereocenters. The molecular formula is C25H24FN3O2. The van der Waals surface area contributed by atoms with Crippen LogP contribution in [0.1, 0.15) is 20.7 Å². The summed E-state index contributed by atoms with van der Waals surface area (Å²) in [7, 11) is 0. The fourth-order valence-corrected chi connectivity index (χ4v) is 3.55. The molecule has 158 valence electrons. The molecule has 4 rings (SSSR count). The van der Waals surface area contributed by atoms with Crippen LogP contribution in [0.2, 0.25) is 0 Å². The van der Waals surface area contributed by atoms with E-state index in [0.717, 1.165) is 11.1 Å². The minimum Gasteiger partial charge on any atom is -0.351 e. The molecular weight excluding hydrogens is 393 g/mol. The molecule has 0 unspecified atom stereocenters. The SMILES string of the molecule is O=C(NCCNC1CN(C(=O)c2ccc(-c3ccccc3)cc2)C1)c1ccc(F)cc1. The number of halogens is 1. The number of carbonyl (C=O) groups excluding carboxylic acids is 2. The van der Waals surface area contributed by atoms with Crippen molar-refractivity contribution >= 4 is 11.8 Å². The predicted molar refractivity (Wildman–Crippen MR) is 118 cm³/mol. The molecule has 2 N–H and O–H groups in total. The van der Waals surface area contributed by atoms with E-state index in [4.69, 9.17) is 0 Å². The highest BCUT2D eigenvalue weighted by Crippen LogP contribution is 2.21. The third kappa shape index (κ3) is 5.16. The Balaban J connectivity index is 1.17. The first kappa shape index (κ1) is 20.8. The van der Waals surface area contributed by atoms with Gasteiger partial charge >= 0.3 is 0 Å². The quantitative estimate of drug-likeness (QED) is 0.580. The van der Waals surface area contributed by atoms with E-state index in [2.05, 4.69) is 10.6 Å². The van der Waals surface area contributed by atoms with Gasteiger partial charge in [-0.1, -0.05) is 42.5 Å². The highest BCUT2D eigenvalue weighted by Gasteiger charge is 2.30. The predicted octanol–water partition coefficient (Wildman–Crippen LogP) is 3.34. The second-order valence-electron chi connectivity index (χ2n) is 7.57. The summed E-state index contributed by atoms with van der Waals surface area (Å²) in [5.74, 6) is -0.567. The third-order valence-corrected chi connectivity index (χ3v) is 5.36. The van der Waals surface area contributed by atoms with E-state index < -0.39 is 0 Å². The van der Waals surface area contributed by atoms with Crippen LogP contribution in [0.4, 0.5) is 4.39 Å². The molecule has 31 heavy (non-hydrogen) atoms. The molecule has 5 nitrogen and oxygen atoms in total. The average Bonchev–Trinajstić information content (AvgIpc) is 2.78. The van der Waals surface area contributed by atoms with Crippen molar-refractivity contribution in [2.45, 2.75) is 6.04 Å². The maximum absolute atomic E-state index is 12.9. The van der Waals surface area contributed by atoms with Gasteiger partial charge in [0.1, 0.15) is 5.82 Å². The number of amides is 2. The molecule has 0 bridgehead atoms. The van der Waals surface area contributed by atoms with Crippen molar-refractivity contribution in [3.8, 4) is 11.1 Å². The van der Waals surface area contributed by atoms with Crippen molar-refractivity contribution in [2.75, 3.05) is 26.2 Å². The lowest BCUT2D eigenvalue weighted by molar-refractivity contribution is 0.0568. The van der Waals surface area contributed by atoms with Crippen LogP contribution >= 0.6 is 0 Å². The molecule has 3 aromatic rings. The van der Waals surface area contributed by atoms with Gasteiger partial charge in [-0.15, -0.1) is 0 Å².